The molecule has 0 fully saturated rings. The molecule has 0 saturated heterocycles. The number of nitrogens with zero attached hydrogens (tertiary/aromatic N) is 4. The maximum absolute atomic E-state index is 11.2. The molecule has 2 aromatic heterocycles. The molecule has 0 aliphatic carbocycles. The standard InChI is InChI=1S/C20H14N6O2/c21-9-13-2-1-3-14(8-13)18-11-24-20(25-18)12-23-17-4-5-19(26(27)28)16-10-22-7-6-15(16)17/h1-8,10-11,23H,12H2,(H,24,25). The van der Waals surface area contributed by atoms with Crippen molar-refractivity contribution in [3.8, 4) is 17.3 Å². The van der Waals surface area contributed by atoms with Gasteiger partial charge in [0.05, 0.1) is 40.4 Å². The van der Waals surface area contributed by atoms with Crippen LogP contribution in [0.15, 0.2) is 61.1 Å². The largest absolute Gasteiger partial charge is 0.377 e. The van der Waals surface area contributed by atoms with Crippen LogP contribution in [-0.2, 0) is 6.54 Å². The quantitative estimate of drug-likeness (QED) is 0.404. The van der Waals surface area contributed by atoms with E-state index in [0.717, 1.165) is 22.3 Å². The van der Waals surface area contributed by atoms with Crippen LogP contribution in [0.1, 0.15) is 11.4 Å². The molecule has 136 valence electrons. The fourth-order valence-electron chi connectivity index (χ4n) is 3.02. The minimum Gasteiger partial charge on any atom is -0.377 e. The lowest BCUT2D eigenvalue weighted by molar-refractivity contribution is -0.383. The number of imidazole rings is 1. The van der Waals surface area contributed by atoms with Crippen LogP contribution < -0.4 is 5.32 Å². The van der Waals surface area contributed by atoms with Crippen LogP contribution >= 0.6 is 0 Å². The molecule has 28 heavy (non-hydrogen) atoms. The number of aromatic amines is 1. The third-order valence-electron chi connectivity index (χ3n) is 4.37. The van der Waals surface area contributed by atoms with E-state index in [1.165, 1.54) is 12.3 Å². The molecular formula is C20H14N6O2. The van der Waals surface area contributed by atoms with Gasteiger partial charge >= 0.3 is 0 Å². The first-order valence-electron chi connectivity index (χ1n) is 8.45. The van der Waals surface area contributed by atoms with Crippen LogP contribution in [0.3, 0.4) is 0 Å². The van der Waals surface area contributed by atoms with E-state index in [1.807, 2.05) is 12.1 Å². The van der Waals surface area contributed by atoms with Gasteiger partial charge in [0.15, 0.2) is 0 Å². The first kappa shape index (κ1) is 17.2. The number of nitro groups is 1. The molecule has 2 aromatic carbocycles. The molecule has 4 aromatic rings. The summed E-state index contributed by atoms with van der Waals surface area (Å²) in [5.41, 5.74) is 3.05. The Morgan fingerprint density at radius 2 is 2.07 bits per heavy atom. The Labute approximate surface area is 159 Å². The summed E-state index contributed by atoms with van der Waals surface area (Å²) in [7, 11) is 0. The summed E-state index contributed by atoms with van der Waals surface area (Å²) in [5, 5.41) is 24.7. The molecule has 0 amide bonds. The summed E-state index contributed by atoms with van der Waals surface area (Å²) in [6, 6.07) is 14.3. The van der Waals surface area contributed by atoms with Crippen LogP contribution in [0.4, 0.5) is 11.4 Å². The average Bonchev–Trinajstić information content (AvgIpc) is 3.21. The van der Waals surface area contributed by atoms with Gasteiger partial charge in [-0.25, -0.2) is 4.98 Å². The predicted octanol–water partition coefficient (Wildman–Crippen LogP) is 4.02. The Kier molecular flexibility index (Phi) is 4.40. The lowest BCUT2D eigenvalue weighted by atomic mass is 10.1. The normalized spacial score (nSPS) is 10.5. The van der Waals surface area contributed by atoms with Gasteiger partial charge in [-0.3, -0.25) is 15.1 Å². The van der Waals surface area contributed by atoms with E-state index < -0.39 is 4.92 Å². The molecule has 4 rings (SSSR count). The van der Waals surface area contributed by atoms with Crippen molar-refractivity contribution >= 4 is 22.1 Å². The van der Waals surface area contributed by atoms with Crippen LogP contribution in [-0.4, -0.2) is 19.9 Å². The second-order valence-corrected chi connectivity index (χ2v) is 6.10. The SMILES string of the molecule is N#Cc1cccc(-c2cnc(CNc3ccc([N+](=O)[O-])c4cnccc34)[nH]2)c1. The first-order chi connectivity index (χ1) is 13.7. The number of nitriles is 1. The number of rotatable bonds is 5. The van der Waals surface area contributed by atoms with Crippen molar-refractivity contribution in [3.63, 3.8) is 0 Å². The Balaban J connectivity index is 1.58. The summed E-state index contributed by atoms with van der Waals surface area (Å²) in [6.07, 6.45) is 4.81. The van der Waals surface area contributed by atoms with Gasteiger partial charge in [0.25, 0.3) is 5.69 Å². The highest BCUT2D eigenvalue weighted by Gasteiger charge is 2.14. The highest BCUT2D eigenvalue weighted by atomic mass is 16.6. The van der Waals surface area contributed by atoms with Crippen molar-refractivity contribution in [2.75, 3.05) is 5.32 Å². The number of pyridine rings is 1. The van der Waals surface area contributed by atoms with Crippen LogP contribution in [0.2, 0.25) is 0 Å². The summed E-state index contributed by atoms with van der Waals surface area (Å²) in [4.78, 5) is 22.4. The average molecular weight is 370 g/mol. The zero-order valence-electron chi connectivity index (χ0n) is 14.6. The van der Waals surface area contributed by atoms with Gasteiger partial charge in [-0.05, 0) is 24.3 Å². The van der Waals surface area contributed by atoms with E-state index in [4.69, 9.17) is 5.26 Å². The molecule has 0 saturated carbocycles. The fraction of sp³-hybridized carbons (Fsp3) is 0.0500. The van der Waals surface area contributed by atoms with Gasteiger partial charge in [-0.15, -0.1) is 0 Å². The number of H-pyrrole nitrogens is 1. The lowest BCUT2D eigenvalue weighted by Crippen LogP contribution is -2.02. The fourth-order valence-corrected chi connectivity index (χ4v) is 3.02. The third kappa shape index (κ3) is 3.24. The van der Waals surface area contributed by atoms with Gasteiger partial charge in [0.2, 0.25) is 0 Å². The summed E-state index contributed by atoms with van der Waals surface area (Å²) in [6.45, 7) is 0.410. The molecule has 0 bridgehead atoms. The number of nitrogens with one attached hydrogen (secondary N) is 2. The minimum absolute atomic E-state index is 0.0197. The van der Waals surface area contributed by atoms with E-state index in [9.17, 15) is 10.1 Å². The van der Waals surface area contributed by atoms with Crippen LogP contribution in [0.25, 0.3) is 22.0 Å². The number of non-ortho nitro benzene ring substituents is 1. The number of fused-ring (bicyclic) bond motifs is 1. The van der Waals surface area contributed by atoms with Crippen LogP contribution in [0, 0.1) is 21.4 Å². The van der Waals surface area contributed by atoms with Crippen molar-refractivity contribution in [2.45, 2.75) is 6.54 Å². The Morgan fingerprint density at radius 1 is 1.18 bits per heavy atom. The minimum atomic E-state index is -0.415. The number of anilines is 1. The second-order valence-electron chi connectivity index (χ2n) is 6.10. The number of hydrogen-bond acceptors (Lipinski definition) is 6. The molecule has 0 aliphatic rings. The predicted molar refractivity (Wildman–Crippen MR) is 104 cm³/mol. The Hall–Kier alpha value is -4.25. The molecule has 0 aliphatic heterocycles. The Morgan fingerprint density at radius 3 is 2.89 bits per heavy atom. The monoisotopic (exact) mass is 370 g/mol. The van der Waals surface area contributed by atoms with Gasteiger partial charge in [0.1, 0.15) is 5.82 Å². The molecular weight excluding hydrogens is 356 g/mol. The molecule has 2 N–H and O–H groups in total. The zero-order valence-corrected chi connectivity index (χ0v) is 14.6. The van der Waals surface area contributed by atoms with Gasteiger partial charge in [0, 0.05) is 35.1 Å². The van der Waals surface area contributed by atoms with Gasteiger partial charge < -0.3 is 10.3 Å². The maximum atomic E-state index is 11.2. The van der Waals surface area contributed by atoms with E-state index in [1.54, 1.807) is 36.7 Å². The van der Waals surface area contributed by atoms with Crippen molar-refractivity contribution in [1.29, 1.82) is 5.26 Å². The third-order valence-corrected chi connectivity index (χ3v) is 4.37. The lowest BCUT2D eigenvalue weighted by Gasteiger charge is -2.08. The van der Waals surface area contributed by atoms with E-state index in [2.05, 4.69) is 26.3 Å². The molecule has 8 heteroatoms. The molecule has 0 spiro atoms. The van der Waals surface area contributed by atoms with Gasteiger partial charge in [-0.2, -0.15) is 5.26 Å². The first-order valence-corrected chi connectivity index (χ1v) is 8.45. The Bertz CT molecular complexity index is 1220. The molecule has 2 heterocycles. The molecule has 0 atom stereocenters. The smallest absolute Gasteiger partial charge is 0.278 e. The van der Waals surface area contributed by atoms with Gasteiger partial charge in [-0.1, -0.05) is 12.1 Å². The van der Waals surface area contributed by atoms with Crippen molar-refractivity contribution in [2.24, 2.45) is 0 Å². The molecule has 8 nitrogen and oxygen atoms in total. The van der Waals surface area contributed by atoms with E-state index >= 15 is 0 Å². The molecule has 0 radical (unpaired) electrons. The van der Waals surface area contributed by atoms with E-state index in [0.29, 0.717) is 23.3 Å². The number of benzene rings is 2. The van der Waals surface area contributed by atoms with Crippen molar-refractivity contribution in [1.82, 2.24) is 15.0 Å². The number of aromatic nitrogens is 3. The zero-order chi connectivity index (χ0) is 19.5. The topological polar surface area (TPSA) is 121 Å². The number of hydrogen-bond donors (Lipinski definition) is 2. The summed E-state index contributed by atoms with van der Waals surface area (Å²) >= 11 is 0. The highest BCUT2D eigenvalue weighted by Crippen LogP contribution is 2.31. The highest BCUT2D eigenvalue weighted by molar-refractivity contribution is 5.99. The maximum Gasteiger partial charge on any atom is 0.278 e. The second kappa shape index (κ2) is 7.17. The van der Waals surface area contributed by atoms with Crippen molar-refractivity contribution in [3.05, 3.63) is 82.6 Å². The number of nitro benzene ring substituents is 1. The molecule has 0 unspecified atom stereocenters. The van der Waals surface area contributed by atoms with E-state index in [-0.39, 0.29) is 5.69 Å². The summed E-state index contributed by atoms with van der Waals surface area (Å²) in [5.74, 6) is 0.706. The van der Waals surface area contributed by atoms with Crippen molar-refractivity contribution < 1.29 is 4.92 Å². The van der Waals surface area contributed by atoms with Crippen LogP contribution in [0.5, 0.6) is 0 Å². The summed E-state index contributed by atoms with van der Waals surface area (Å²) < 4.78 is 0.